The summed E-state index contributed by atoms with van der Waals surface area (Å²) in [4.78, 5) is 4.47. The molecule has 0 fully saturated rings. The molecule has 0 aliphatic heterocycles. The molecule has 0 bridgehead atoms. The van der Waals surface area contributed by atoms with Crippen LogP contribution in [0.1, 0.15) is 23.9 Å². The van der Waals surface area contributed by atoms with Crippen molar-refractivity contribution < 1.29 is 5.11 Å². The van der Waals surface area contributed by atoms with Crippen LogP contribution in [0.5, 0.6) is 0 Å². The van der Waals surface area contributed by atoms with Gasteiger partial charge in [-0.3, -0.25) is 0 Å². The molecule has 2 rings (SSSR count). The van der Waals surface area contributed by atoms with Gasteiger partial charge in [0, 0.05) is 7.05 Å². The highest BCUT2D eigenvalue weighted by atomic mass is 127. The fraction of sp³-hybridized carbons (Fsp3) is 0.308. The standard InChI is InChI=1S/C13H15IN2O/c1-9-15-11-8-10(13(17)4-3-7-14)5-6-12(11)16(9)2/h3,5-8,13,17H,4H2,1-2H3/t13-/m0/s1. The van der Waals surface area contributed by atoms with Crippen LogP contribution in [0.2, 0.25) is 0 Å². The summed E-state index contributed by atoms with van der Waals surface area (Å²) >= 11 is 2.15. The molecule has 1 aromatic heterocycles. The molecule has 17 heavy (non-hydrogen) atoms. The molecule has 2 aromatic rings. The molecule has 0 saturated heterocycles. The number of imidazole rings is 1. The average molecular weight is 342 g/mol. The Morgan fingerprint density at radius 1 is 1.53 bits per heavy atom. The Balaban J connectivity index is 2.37. The van der Waals surface area contributed by atoms with Crippen LogP contribution in [0.3, 0.4) is 0 Å². The Kier molecular flexibility index (Phi) is 3.83. The zero-order valence-corrected chi connectivity index (χ0v) is 12.0. The number of hydrogen-bond donors (Lipinski definition) is 1. The molecule has 0 aliphatic rings. The van der Waals surface area contributed by atoms with Gasteiger partial charge in [0.1, 0.15) is 5.82 Å². The number of aliphatic hydroxyl groups excluding tert-OH is 1. The molecule has 1 aromatic carbocycles. The molecule has 1 atom stereocenters. The van der Waals surface area contributed by atoms with Crippen molar-refractivity contribution in [1.82, 2.24) is 9.55 Å². The zero-order chi connectivity index (χ0) is 12.4. The van der Waals surface area contributed by atoms with Crippen LogP contribution in [0.15, 0.2) is 28.4 Å². The lowest BCUT2D eigenvalue weighted by Gasteiger charge is -2.08. The van der Waals surface area contributed by atoms with Crippen LogP contribution >= 0.6 is 22.6 Å². The first-order valence-electron chi connectivity index (χ1n) is 5.49. The minimum Gasteiger partial charge on any atom is -0.388 e. The van der Waals surface area contributed by atoms with Gasteiger partial charge >= 0.3 is 0 Å². The van der Waals surface area contributed by atoms with Gasteiger partial charge < -0.3 is 9.67 Å². The molecule has 0 unspecified atom stereocenters. The smallest absolute Gasteiger partial charge is 0.106 e. The SMILES string of the molecule is Cc1nc2cc([C@@H](O)CC=CI)ccc2n1C. The van der Waals surface area contributed by atoms with Crippen molar-refractivity contribution in [3.8, 4) is 0 Å². The molecule has 4 heteroatoms. The third-order valence-electron chi connectivity index (χ3n) is 2.96. The first-order valence-corrected chi connectivity index (χ1v) is 6.74. The molecule has 1 heterocycles. The number of aliphatic hydroxyl groups is 1. The minimum absolute atomic E-state index is 0.451. The summed E-state index contributed by atoms with van der Waals surface area (Å²) in [5.74, 6) is 0.985. The van der Waals surface area contributed by atoms with Crippen molar-refractivity contribution in [2.24, 2.45) is 7.05 Å². The van der Waals surface area contributed by atoms with Gasteiger partial charge in [-0.05, 0) is 35.1 Å². The number of fused-ring (bicyclic) bond motifs is 1. The van der Waals surface area contributed by atoms with E-state index in [2.05, 4.69) is 32.1 Å². The Morgan fingerprint density at radius 3 is 3.00 bits per heavy atom. The van der Waals surface area contributed by atoms with Crippen LogP contribution in [-0.2, 0) is 7.05 Å². The quantitative estimate of drug-likeness (QED) is 0.870. The van der Waals surface area contributed by atoms with E-state index in [0.29, 0.717) is 6.42 Å². The lowest BCUT2D eigenvalue weighted by molar-refractivity contribution is 0.182. The third-order valence-corrected chi connectivity index (χ3v) is 3.47. The van der Waals surface area contributed by atoms with E-state index in [1.54, 1.807) is 0 Å². The van der Waals surface area contributed by atoms with E-state index in [4.69, 9.17) is 0 Å². The predicted octanol–water partition coefficient (Wildman–Crippen LogP) is 3.25. The molecule has 0 aliphatic carbocycles. The topological polar surface area (TPSA) is 38.1 Å². The van der Waals surface area contributed by atoms with E-state index in [1.807, 2.05) is 42.3 Å². The van der Waals surface area contributed by atoms with Gasteiger partial charge in [-0.1, -0.05) is 34.7 Å². The molecule has 0 radical (unpaired) electrons. The maximum Gasteiger partial charge on any atom is 0.106 e. The lowest BCUT2D eigenvalue weighted by Crippen LogP contribution is -1.95. The summed E-state index contributed by atoms with van der Waals surface area (Å²) in [5.41, 5.74) is 2.97. The van der Waals surface area contributed by atoms with Crippen molar-refractivity contribution in [3.63, 3.8) is 0 Å². The van der Waals surface area contributed by atoms with Gasteiger partial charge in [0.05, 0.1) is 17.1 Å². The Labute approximate surface area is 114 Å². The van der Waals surface area contributed by atoms with Gasteiger partial charge in [-0.25, -0.2) is 4.98 Å². The van der Waals surface area contributed by atoms with Gasteiger partial charge in [-0.15, -0.1) is 0 Å². The van der Waals surface area contributed by atoms with E-state index in [0.717, 1.165) is 22.4 Å². The van der Waals surface area contributed by atoms with Crippen LogP contribution in [0.4, 0.5) is 0 Å². The van der Waals surface area contributed by atoms with Crippen molar-refractivity contribution in [2.45, 2.75) is 19.4 Å². The number of hydrogen-bond acceptors (Lipinski definition) is 2. The monoisotopic (exact) mass is 342 g/mol. The lowest BCUT2D eigenvalue weighted by atomic mass is 10.1. The molecule has 1 N–H and O–H groups in total. The zero-order valence-electron chi connectivity index (χ0n) is 9.89. The number of rotatable bonds is 3. The van der Waals surface area contributed by atoms with E-state index in [-0.39, 0.29) is 0 Å². The third kappa shape index (κ3) is 2.52. The highest BCUT2D eigenvalue weighted by molar-refractivity contribution is 14.1. The first-order chi connectivity index (χ1) is 8.13. The molecular formula is C13H15IN2O. The van der Waals surface area contributed by atoms with Gasteiger partial charge in [0.25, 0.3) is 0 Å². The molecular weight excluding hydrogens is 327 g/mol. The Hall–Kier alpha value is -0.880. The second-order valence-corrected chi connectivity index (χ2v) is 4.80. The van der Waals surface area contributed by atoms with Crippen LogP contribution in [0.25, 0.3) is 11.0 Å². The van der Waals surface area contributed by atoms with Crippen molar-refractivity contribution >= 4 is 33.6 Å². The highest BCUT2D eigenvalue weighted by Crippen LogP contribution is 2.22. The molecule has 0 spiro atoms. The fourth-order valence-corrected chi connectivity index (χ4v) is 2.15. The number of aromatic nitrogens is 2. The Bertz CT molecular complexity index is 560. The molecule has 90 valence electrons. The first kappa shape index (κ1) is 12.6. The van der Waals surface area contributed by atoms with E-state index >= 15 is 0 Å². The predicted molar refractivity (Wildman–Crippen MR) is 78.2 cm³/mol. The highest BCUT2D eigenvalue weighted by Gasteiger charge is 2.09. The fourth-order valence-electron chi connectivity index (χ4n) is 1.86. The molecule has 0 amide bonds. The second kappa shape index (κ2) is 5.18. The van der Waals surface area contributed by atoms with Crippen molar-refractivity contribution in [1.29, 1.82) is 0 Å². The summed E-state index contributed by atoms with van der Waals surface area (Å²) in [6.45, 7) is 1.98. The maximum atomic E-state index is 10.00. The number of aryl methyl sites for hydroxylation is 2. The summed E-state index contributed by atoms with van der Waals surface area (Å²) in [5, 5.41) is 10.00. The molecule has 0 saturated carbocycles. The van der Waals surface area contributed by atoms with E-state index < -0.39 is 6.10 Å². The Morgan fingerprint density at radius 2 is 2.29 bits per heavy atom. The molecule has 3 nitrogen and oxygen atoms in total. The second-order valence-electron chi connectivity index (χ2n) is 4.08. The summed E-state index contributed by atoms with van der Waals surface area (Å²) < 4.78 is 3.97. The summed E-state index contributed by atoms with van der Waals surface area (Å²) in [7, 11) is 2.00. The normalized spacial score (nSPS) is 13.6. The van der Waals surface area contributed by atoms with E-state index in [1.165, 1.54) is 0 Å². The average Bonchev–Trinajstić information content (AvgIpc) is 2.61. The van der Waals surface area contributed by atoms with E-state index in [9.17, 15) is 5.11 Å². The summed E-state index contributed by atoms with van der Waals surface area (Å²) in [6.07, 6.45) is 2.15. The number of benzene rings is 1. The number of nitrogens with zero attached hydrogens (tertiary/aromatic N) is 2. The van der Waals surface area contributed by atoms with Crippen molar-refractivity contribution in [3.05, 3.63) is 39.7 Å². The largest absolute Gasteiger partial charge is 0.388 e. The van der Waals surface area contributed by atoms with Crippen LogP contribution in [0, 0.1) is 6.92 Å². The van der Waals surface area contributed by atoms with Gasteiger partial charge in [0.15, 0.2) is 0 Å². The maximum absolute atomic E-state index is 10.00. The van der Waals surface area contributed by atoms with Crippen molar-refractivity contribution in [2.75, 3.05) is 0 Å². The van der Waals surface area contributed by atoms with Crippen LogP contribution < -0.4 is 0 Å². The van der Waals surface area contributed by atoms with Gasteiger partial charge in [0.2, 0.25) is 0 Å². The summed E-state index contributed by atoms with van der Waals surface area (Å²) in [6, 6.07) is 5.95. The van der Waals surface area contributed by atoms with Gasteiger partial charge in [-0.2, -0.15) is 0 Å². The van der Waals surface area contributed by atoms with Crippen LogP contribution in [-0.4, -0.2) is 14.7 Å². The minimum atomic E-state index is -0.451. The number of halogens is 1.